The third kappa shape index (κ3) is 4.89. The molecule has 0 aliphatic carbocycles. The summed E-state index contributed by atoms with van der Waals surface area (Å²) in [6, 6.07) is 6.52. The Kier molecular flexibility index (Phi) is 7.15. The number of carboxylic acids is 1. The molecule has 1 atom stereocenters. The average Bonchev–Trinajstić information content (AvgIpc) is 2.43. The fourth-order valence-corrected chi connectivity index (χ4v) is 2.43. The number of nitrogens with one attached hydrogen (secondary N) is 1. The first-order valence-corrected chi connectivity index (χ1v) is 8.10. The van der Waals surface area contributed by atoms with Crippen molar-refractivity contribution in [2.45, 2.75) is 32.2 Å². The number of carbonyl (C=O) groups excluding carboxylic acids is 1. The minimum atomic E-state index is -0.986. The van der Waals surface area contributed by atoms with Crippen LogP contribution in [0.15, 0.2) is 24.3 Å². The molecule has 0 heterocycles. The highest BCUT2D eigenvalue weighted by Gasteiger charge is 2.21. The van der Waals surface area contributed by atoms with Gasteiger partial charge >= 0.3 is 5.97 Å². The average molecular weight is 295 g/mol. The molecular weight excluding hydrogens is 274 g/mol. The number of hydrogen-bond donors (Lipinski definition) is 2. The zero-order valence-electron chi connectivity index (χ0n) is 11.9. The van der Waals surface area contributed by atoms with Gasteiger partial charge in [0.25, 0.3) is 5.91 Å². The molecule has 0 aliphatic heterocycles. The van der Waals surface area contributed by atoms with E-state index < -0.39 is 12.0 Å². The highest BCUT2D eigenvalue weighted by Crippen LogP contribution is 2.12. The predicted octanol–water partition coefficient (Wildman–Crippen LogP) is 2.58. The van der Waals surface area contributed by atoms with Gasteiger partial charge < -0.3 is 10.4 Å². The molecule has 0 spiro atoms. The lowest BCUT2D eigenvalue weighted by atomic mass is 10.0. The molecule has 0 fully saturated rings. The molecule has 4 nitrogen and oxygen atoms in total. The quantitative estimate of drug-likeness (QED) is 0.773. The number of hydrogen-bond acceptors (Lipinski definition) is 3. The normalized spacial score (nSPS) is 11.9. The number of amides is 1. The van der Waals surface area contributed by atoms with Gasteiger partial charge in [0.05, 0.1) is 0 Å². The Labute approximate surface area is 124 Å². The number of carboxylic acid groups (broad SMARTS) is 1. The van der Waals surface area contributed by atoms with Gasteiger partial charge in [-0.1, -0.05) is 31.5 Å². The van der Waals surface area contributed by atoms with Crippen molar-refractivity contribution in [2.75, 3.05) is 12.0 Å². The predicted molar refractivity (Wildman–Crippen MR) is 82.3 cm³/mol. The van der Waals surface area contributed by atoms with E-state index in [9.17, 15) is 9.59 Å². The monoisotopic (exact) mass is 295 g/mol. The van der Waals surface area contributed by atoms with Crippen LogP contribution >= 0.6 is 11.8 Å². The first-order valence-electron chi connectivity index (χ1n) is 6.70. The molecule has 0 radical (unpaired) electrons. The van der Waals surface area contributed by atoms with E-state index >= 15 is 0 Å². The lowest BCUT2D eigenvalue weighted by Gasteiger charge is -2.15. The number of aryl methyl sites for hydroxylation is 1. The highest BCUT2D eigenvalue weighted by molar-refractivity contribution is 7.98. The standard InChI is InChI=1S/C15H21NO3S/c1-3-6-11-7-4-5-8-12(11)14(17)16-13(15(18)19)9-10-20-2/h4-5,7-8,13H,3,6,9-10H2,1-2H3,(H,16,17)(H,18,19)/t13-/m0/s1. The van der Waals surface area contributed by atoms with E-state index in [1.54, 1.807) is 23.9 Å². The van der Waals surface area contributed by atoms with Crippen LogP contribution < -0.4 is 5.32 Å². The lowest BCUT2D eigenvalue weighted by molar-refractivity contribution is -0.139. The molecule has 0 aliphatic rings. The maximum absolute atomic E-state index is 12.2. The van der Waals surface area contributed by atoms with Crippen molar-refractivity contribution in [1.29, 1.82) is 0 Å². The van der Waals surface area contributed by atoms with Gasteiger partial charge in [0.1, 0.15) is 6.04 Å². The summed E-state index contributed by atoms with van der Waals surface area (Å²) in [4.78, 5) is 23.4. The Balaban J connectivity index is 2.80. The van der Waals surface area contributed by atoms with Gasteiger partial charge in [0.15, 0.2) is 0 Å². The van der Waals surface area contributed by atoms with Crippen molar-refractivity contribution < 1.29 is 14.7 Å². The zero-order valence-corrected chi connectivity index (χ0v) is 12.7. The van der Waals surface area contributed by atoms with Crippen LogP contribution in [-0.2, 0) is 11.2 Å². The number of carbonyl (C=O) groups is 2. The molecule has 0 unspecified atom stereocenters. The minimum absolute atomic E-state index is 0.303. The third-order valence-electron chi connectivity index (χ3n) is 3.00. The second-order valence-corrected chi connectivity index (χ2v) is 5.54. The van der Waals surface area contributed by atoms with Gasteiger partial charge in [-0.25, -0.2) is 4.79 Å². The van der Waals surface area contributed by atoms with E-state index in [0.29, 0.717) is 17.7 Å². The fourth-order valence-electron chi connectivity index (χ4n) is 1.96. The van der Waals surface area contributed by atoms with Crippen LogP contribution in [-0.4, -0.2) is 35.0 Å². The molecule has 5 heteroatoms. The SMILES string of the molecule is CCCc1ccccc1C(=O)N[C@@H](CCSC)C(=O)O. The summed E-state index contributed by atoms with van der Waals surface area (Å²) in [7, 11) is 0. The van der Waals surface area contributed by atoms with Crippen LogP contribution in [0.4, 0.5) is 0 Å². The summed E-state index contributed by atoms with van der Waals surface area (Å²) >= 11 is 1.57. The molecule has 0 saturated heterocycles. The van der Waals surface area contributed by atoms with Crippen LogP contribution in [0.3, 0.4) is 0 Å². The number of thioether (sulfide) groups is 1. The minimum Gasteiger partial charge on any atom is -0.480 e. The van der Waals surface area contributed by atoms with Crippen molar-refractivity contribution >= 4 is 23.6 Å². The van der Waals surface area contributed by atoms with Crippen LogP contribution in [0.2, 0.25) is 0 Å². The zero-order chi connectivity index (χ0) is 15.0. The molecule has 20 heavy (non-hydrogen) atoms. The van der Waals surface area contributed by atoms with Crippen molar-refractivity contribution in [1.82, 2.24) is 5.32 Å². The maximum atomic E-state index is 12.2. The molecule has 1 rings (SSSR count). The van der Waals surface area contributed by atoms with Gasteiger partial charge in [-0.3, -0.25) is 4.79 Å². The largest absolute Gasteiger partial charge is 0.480 e. The van der Waals surface area contributed by atoms with Gasteiger partial charge in [0.2, 0.25) is 0 Å². The van der Waals surface area contributed by atoms with Gasteiger partial charge in [-0.15, -0.1) is 0 Å². The van der Waals surface area contributed by atoms with E-state index in [2.05, 4.69) is 5.32 Å². The Bertz CT molecular complexity index is 462. The summed E-state index contributed by atoms with van der Waals surface area (Å²) < 4.78 is 0. The molecule has 0 aromatic heterocycles. The topological polar surface area (TPSA) is 66.4 Å². The smallest absolute Gasteiger partial charge is 0.326 e. The van der Waals surface area contributed by atoms with Crippen molar-refractivity contribution in [3.8, 4) is 0 Å². The molecule has 1 aromatic carbocycles. The Morgan fingerprint density at radius 2 is 2.05 bits per heavy atom. The summed E-state index contributed by atoms with van der Waals surface area (Å²) in [6.07, 6.45) is 4.10. The van der Waals surface area contributed by atoms with E-state index in [-0.39, 0.29) is 5.91 Å². The number of benzene rings is 1. The molecule has 0 saturated carbocycles. The summed E-state index contributed by atoms with van der Waals surface area (Å²) in [5, 5.41) is 11.8. The number of aliphatic carboxylic acids is 1. The van der Waals surface area contributed by atoms with E-state index in [1.807, 2.05) is 25.3 Å². The summed E-state index contributed by atoms with van der Waals surface area (Å²) in [6.45, 7) is 2.05. The Hall–Kier alpha value is -1.49. The molecule has 0 bridgehead atoms. The highest BCUT2D eigenvalue weighted by atomic mass is 32.2. The first kappa shape index (κ1) is 16.6. The fraction of sp³-hybridized carbons (Fsp3) is 0.467. The Morgan fingerprint density at radius 1 is 1.35 bits per heavy atom. The van der Waals surface area contributed by atoms with Gasteiger partial charge in [0, 0.05) is 5.56 Å². The van der Waals surface area contributed by atoms with E-state index in [0.717, 1.165) is 18.4 Å². The molecular formula is C15H21NO3S. The molecule has 1 aromatic rings. The number of rotatable bonds is 8. The maximum Gasteiger partial charge on any atom is 0.326 e. The van der Waals surface area contributed by atoms with Crippen LogP contribution in [0.1, 0.15) is 35.7 Å². The Morgan fingerprint density at radius 3 is 2.65 bits per heavy atom. The van der Waals surface area contributed by atoms with Crippen molar-refractivity contribution in [3.63, 3.8) is 0 Å². The van der Waals surface area contributed by atoms with Gasteiger partial charge in [-0.2, -0.15) is 11.8 Å². The summed E-state index contributed by atoms with van der Waals surface area (Å²) in [5.41, 5.74) is 1.53. The summed E-state index contributed by atoms with van der Waals surface area (Å²) in [5.74, 6) is -0.587. The van der Waals surface area contributed by atoms with Crippen molar-refractivity contribution in [3.05, 3.63) is 35.4 Å². The van der Waals surface area contributed by atoms with Crippen LogP contribution in [0.25, 0.3) is 0 Å². The first-order chi connectivity index (χ1) is 9.60. The third-order valence-corrected chi connectivity index (χ3v) is 3.64. The van der Waals surface area contributed by atoms with Crippen molar-refractivity contribution in [2.24, 2.45) is 0 Å². The van der Waals surface area contributed by atoms with E-state index in [1.165, 1.54) is 0 Å². The van der Waals surface area contributed by atoms with Crippen LogP contribution in [0, 0.1) is 0 Å². The van der Waals surface area contributed by atoms with E-state index in [4.69, 9.17) is 5.11 Å². The molecule has 2 N–H and O–H groups in total. The molecule has 1 amide bonds. The van der Waals surface area contributed by atoms with Gasteiger partial charge in [-0.05, 0) is 36.5 Å². The van der Waals surface area contributed by atoms with Crippen LogP contribution in [0.5, 0.6) is 0 Å². The second kappa shape index (κ2) is 8.64. The second-order valence-electron chi connectivity index (χ2n) is 4.55. The lowest BCUT2D eigenvalue weighted by Crippen LogP contribution is -2.41. The molecule has 110 valence electrons.